The van der Waals surface area contributed by atoms with Crippen molar-refractivity contribution in [3.63, 3.8) is 0 Å². The third-order valence-electron chi connectivity index (χ3n) is 2.86. The van der Waals surface area contributed by atoms with Crippen molar-refractivity contribution >= 4 is 0 Å². The van der Waals surface area contributed by atoms with Gasteiger partial charge in [0.25, 0.3) is 0 Å². The molecule has 0 saturated heterocycles. The number of alkyl halides is 2. The Morgan fingerprint density at radius 3 is 2.76 bits per heavy atom. The highest BCUT2D eigenvalue weighted by atomic mass is 19.3. The molecule has 0 aliphatic carbocycles. The molecule has 0 bridgehead atoms. The molecule has 2 N–H and O–H groups in total. The Labute approximate surface area is 121 Å². The first-order chi connectivity index (χ1) is 10.2. The summed E-state index contributed by atoms with van der Waals surface area (Å²) in [6.45, 7) is -0.00868. The van der Waals surface area contributed by atoms with Gasteiger partial charge in [0.2, 0.25) is 0 Å². The second-order valence-corrected chi connectivity index (χ2v) is 4.24. The number of ether oxygens (including phenoxy) is 2. The minimum absolute atomic E-state index is 0.0701. The van der Waals surface area contributed by atoms with Gasteiger partial charge in [0, 0.05) is 18.9 Å². The van der Waals surface area contributed by atoms with Crippen molar-refractivity contribution < 1.29 is 18.3 Å². The third-order valence-corrected chi connectivity index (χ3v) is 2.86. The molecule has 0 radical (unpaired) electrons. The lowest BCUT2D eigenvalue weighted by Crippen LogP contribution is -2.08. The second kappa shape index (κ2) is 7.03. The van der Waals surface area contributed by atoms with Gasteiger partial charge in [0.1, 0.15) is 6.61 Å². The lowest BCUT2D eigenvalue weighted by molar-refractivity contribution is 0.0631. The molecule has 7 heteroatoms. The third kappa shape index (κ3) is 3.69. The van der Waals surface area contributed by atoms with Gasteiger partial charge in [0.15, 0.2) is 17.3 Å². The number of hydrogen-bond acceptors (Lipinski definition) is 4. The summed E-state index contributed by atoms with van der Waals surface area (Å²) in [5, 5.41) is 0. The highest BCUT2D eigenvalue weighted by molar-refractivity contribution is 5.43. The fourth-order valence-electron chi connectivity index (χ4n) is 1.84. The molecule has 0 saturated carbocycles. The standard InChI is InChI=1S/C14H17F2N3O2/c1-2-20-12-7-10(8-17)3-4-11(12)21-9-13-18-5-6-19(13)14(15)16/h3-7,14H,2,8-9,17H2,1H3. The highest BCUT2D eigenvalue weighted by Crippen LogP contribution is 2.29. The summed E-state index contributed by atoms with van der Waals surface area (Å²) in [7, 11) is 0. The van der Waals surface area contributed by atoms with Crippen LogP contribution in [0.3, 0.4) is 0 Å². The molecule has 0 atom stereocenters. The molecule has 114 valence electrons. The van der Waals surface area contributed by atoms with Crippen LogP contribution in [0.4, 0.5) is 8.78 Å². The molecule has 0 aliphatic heterocycles. The van der Waals surface area contributed by atoms with Gasteiger partial charge in [0.05, 0.1) is 6.61 Å². The Balaban J connectivity index is 2.13. The van der Waals surface area contributed by atoms with Crippen molar-refractivity contribution in [2.75, 3.05) is 6.61 Å². The Hall–Kier alpha value is -2.15. The highest BCUT2D eigenvalue weighted by Gasteiger charge is 2.13. The van der Waals surface area contributed by atoms with Gasteiger partial charge in [-0.2, -0.15) is 8.78 Å². The molecule has 1 aromatic carbocycles. The van der Waals surface area contributed by atoms with Gasteiger partial charge in [-0.05, 0) is 24.6 Å². The van der Waals surface area contributed by atoms with Crippen LogP contribution in [0.2, 0.25) is 0 Å². The summed E-state index contributed by atoms with van der Waals surface area (Å²) < 4.78 is 37.2. The van der Waals surface area contributed by atoms with Crippen LogP contribution >= 0.6 is 0 Å². The maximum absolute atomic E-state index is 12.7. The SMILES string of the molecule is CCOc1cc(CN)ccc1OCc1nccn1C(F)F. The van der Waals surface area contributed by atoms with Crippen molar-refractivity contribution in [2.45, 2.75) is 26.6 Å². The van der Waals surface area contributed by atoms with Crippen molar-refractivity contribution in [1.29, 1.82) is 0 Å². The molecule has 2 aromatic rings. The van der Waals surface area contributed by atoms with Gasteiger partial charge in [-0.25, -0.2) is 4.98 Å². The maximum Gasteiger partial charge on any atom is 0.320 e. The largest absolute Gasteiger partial charge is 0.490 e. The second-order valence-electron chi connectivity index (χ2n) is 4.24. The number of hydrogen-bond donors (Lipinski definition) is 1. The van der Waals surface area contributed by atoms with E-state index in [4.69, 9.17) is 15.2 Å². The number of rotatable bonds is 7. The molecule has 1 heterocycles. The fraction of sp³-hybridized carbons (Fsp3) is 0.357. The number of nitrogens with two attached hydrogens (primary N) is 1. The van der Waals surface area contributed by atoms with E-state index in [-0.39, 0.29) is 12.4 Å². The van der Waals surface area contributed by atoms with Gasteiger partial charge in [-0.1, -0.05) is 6.07 Å². The molecular formula is C14H17F2N3O2. The quantitative estimate of drug-likeness (QED) is 0.853. The number of benzene rings is 1. The number of imidazole rings is 1. The molecule has 1 aromatic heterocycles. The van der Waals surface area contributed by atoms with Crippen molar-refractivity contribution in [3.05, 3.63) is 42.0 Å². The maximum atomic E-state index is 12.7. The van der Waals surface area contributed by atoms with Crippen LogP contribution in [-0.2, 0) is 13.2 Å². The molecule has 0 spiro atoms. The van der Waals surface area contributed by atoms with Crippen LogP contribution < -0.4 is 15.2 Å². The number of aromatic nitrogens is 2. The molecule has 0 unspecified atom stereocenters. The molecule has 5 nitrogen and oxygen atoms in total. The first-order valence-electron chi connectivity index (χ1n) is 6.54. The topological polar surface area (TPSA) is 62.3 Å². The fourth-order valence-corrected chi connectivity index (χ4v) is 1.84. The molecular weight excluding hydrogens is 280 g/mol. The van der Waals surface area contributed by atoms with Crippen molar-refractivity contribution in [2.24, 2.45) is 5.73 Å². The molecule has 0 amide bonds. The van der Waals surface area contributed by atoms with E-state index in [1.54, 1.807) is 18.2 Å². The lowest BCUT2D eigenvalue weighted by Gasteiger charge is -2.13. The average molecular weight is 297 g/mol. The van der Waals surface area contributed by atoms with Crippen LogP contribution in [-0.4, -0.2) is 16.2 Å². The summed E-state index contributed by atoms with van der Waals surface area (Å²) >= 11 is 0. The van der Waals surface area contributed by atoms with E-state index >= 15 is 0 Å². The van der Waals surface area contributed by atoms with Crippen LogP contribution in [0, 0.1) is 0 Å². The van der Waals surface area contributed by atoms with Crippen LogP contribution in [0.1, 0.15) is 24.9 Å². The number of halogens is 2. The van der Waals surface area contributed by atoms with E-state index in [9.17, 15) is 8.78 Å². The minimum atomic E-state index is -2.64. The molecule has 21 heavy (non-hydrogen) atoms. The van der Waals surface area contributed by atoms with Gasteiger partial charge < -0.3 is 15.2 Å². The van der Waals surface area contributed by atoms with Crippen molar-refractivity contribution in [1.82, 2.24) is 9.55 Å². The molecule has 0 aliphatic rings. The van der Waals surface area contributed by atoms with E-state index in [0.29, 0.717) is 24.7 Å². The van der Waals surface area contributed by atoms with Crippen LogP contribution in [0.5, 0.6) is 11.5 Å². The van der Waals surface area contributed by atoms with Crippen LogP contribution in [0.15, 0.2) is 30.6 Å². The summed E-state index contributed by atoms with van der Waals surface area (Å²) in [4.78, 5) is 3.86. The Kier molecular flexibility index (Phi) is 5.10. The predicted molar refractivity (Wildman–Crippen MR) is 73.3 cm³/mol. The monoisotopic (exact) mass is 297 g/mol. The Morgan fingerprint density at radius 1 is 1.29 bits per heavy atom. The van der Waals surface area contributed by atoms with E-state index in [2.05, 4.69) is 4.98 Å². The van der Waals surface area contributed by atoms with E-state index in [1.165, 1.54) is 12.4 Å². The first-order valence-corrected chi connectivity index (χ1v) is 6.54. The Bertz CT molecular complexity index is 587. The van der Waals surface area contributed by atoms with E-state index < -0.39 is 6.55 Å². The van der Waals surface area contributed by atoms with Gasteiger partial charge in [-0.3, -0.25) is 4.57 Å². The lowest BCUT2D eigenvalue weighted by atomic mass is 10.2. The molecule has 0 fully saturated rings. The van der Waals surface area contributed by atoms with Gasteiger partial charge in [-0.15, -0.1) is 0 Å². The summed E-state index contributed by atoms with van der Waals surface area (Å²) in [5.74, 6) is 1.16. The summed E-state index contributed by atoms with van der Waals surface area (Å²) in [6, 6.07) is 5.29. The Morgan fingerprint density at radius 2 is 2.10 bits per heavy atom. The predicted octanol–water partition coefficient (Wildman–Crippen LogP) is 2.71. The zero-order valence-corrected chi connectivity index (χ0v) is 11.6. The minimum Gasteiger partial charge on any atom is -0.490 e. The van der Waals surface area contributed by atoms with Gasteiger partial charge >= 0.3 is 6.55 Å². The van der Waals surface area contributed by atoms with E-state index in [1.807, 2.05) is 6.92 Å². The van der Waals surface area contributed by atoms with Crippen LogP contribution in [0.25, 0.3) is 0 Å². The van der Waals surface area contributed by atoms with E-state index in [0.717, 1.165) is 10.1 Å². The summed E-state index contributed by atoms with van der Waals surface area (Å²) in [6.07, 6.45) is 2.52. The zero-order valence-electron chi connectivity index (χ0n) is 11.6. The smallest absolute Gasteiger partial charge is 0.320 e. The zero-order chi connectivity index (χ0) is 15.2. The average Bonchev–Trinajstić information content (AvgIpc) is 2.95. The normalized spacial score (nSPS) is 10.9. The van der Waals surface area contributed by atoms with Crippen molar-refractivity contribution in [3.8, 4) is 11.5 Å². The summed E-state index contributed by atoms with van der Waals surface area (Å²) in [5.41, 5.74) is 6.48. The number of nitrogens with zero attached hydrogens (tertiary/aromatic N) is 2. The molecule has 2 rings (SSSR count). The first kappa shape index (κ1) is 15.2.